The summed E-state index contributed by atoms with van der Waals surface area (Å²) < 4.78 is 18.0. The molecule has 2 aromatic carbocycles. The average Bonchev–Trinajstić information content (AvgIpc) is 2.91. The topological polar surface area (TPSA) is 77.9 Å². The van der Waals surface area contributed by atoms with Crippen molar-refractivity contribution in [3.05, 3.63) is 65.4 Å². The normalized spacial score (nSPS) is 12.0. The number of hydrogen-bond acceptors (Lipinski definition) is 5. The number of nitrogens with zero attached hydrogens (tertiary/aromatic N) is 1. The summed E-state index contributed by atoms with van der Waals surface area (Å²) in [5, 5.41) is 10.5. The number of ether oxygens (including phenoxy) is 3. The van der Waals surface area contributed by atoms with Crippen molar-refractivity contribution in [3.8, 4) is 11.5 Å². The van der Waals surface area contributed by atoms with Crippen LogP contribution in [-0.4, -0.2) is 35.4 Å². The van der Waals surface area contributed by atoms with Gasteiger partial charge in [-0.25, -0.2) is 4.79 Å². The highest BCUT2D eigenvalue weighted by atomic mass is 16.5. The standard InChI is InChI=1S/C32H43NO5/c1-4-6-7-8-9-10-11-14-19-37-31-26(22-33-28-18-17-24(3)20-27(28)31)23-38-29-16-13-12-15-25(29)21-30(32(34)35)36-5-2/h12-13,15-18,20,22,30H,4-11,14,19,21,23H2,1-3H3,(H,34,35). The predicted molar refractivity (Wildman–Crippen MR) is 152 cm³/mol. The van der Waals surface area contributed by atoms with Crippen LogP contribution in [0.1, 0.15) is 81.9 Å². The van der Waals surface area contributed by atoms with E-state index in [4.69, 9.17) is 14.2 Å². The molecular formula is C32H43NO5. The molecular weight excluding hydrogens is 478 g/mol. The fraction of sp³-hybridized carbons (Fsp3) is 0.500. The van der Waals surface area contributed by atoms with Crippen LogP contribution in [0, 0.1) is 6.92 Å². The maximum absolute atomic E-state index is 11.6. The zero-order valence-electron chi connectivity index (χ0n) is 23.2. The largest absolute Gasteiger partial charge is 0.492 e. The van der Waals surface area contributed by atoms with E-state index in [9.17, 15) is 9.90 Å². The van der Waals surface area contributed by atoms with Gasteiger partial charge in [0.1, 0.15) is 18.1 Å². The lowest BCUT2D eigenvalue weighted by atomic mass is 10.1. The van der Waals surface area contributed by atoms with Crippen LogP contribution in [0.15, 0.2) is 48.7 Å². The molecule has 0 bridgehead atoms. The Bertz CT molecular complexity index is 1150. The Morgan fingerprint density at radius 3 is 2.39 bits per heavy atom. The number of pyridine rings is 1. The molecule has 1 unspecified atom stereocenters. The molecule has 38 heavy (non-hydrogen) atoms. The Labute approximate surface area is 227 Å². The second kappa shape index (κ2) is 16.0. The Morgan fingerprint density at radius 2 is 1.66 bits per heavy atom. The molecule has 1 aromatic heterocycles. The highest BCUT2D eigenvalue weighted by Crippen LogP contribution is 2.31. The van der Waals surface area contributed by atoms with Gasteiger partial charge in [0.05, 0.1) is 17.7 Å². The van der Waals surface area contributed by atoms with E-state index in [0.29, 0.717) is 19.0 Å². The van der Waals surface area contributed by atoms with Crippen molar-refractivity contribution in [2.24, 2.45) is 0 Å². The molecule has 0 fully saturated rings. The third-order valence-corrected chi connectivity index (χ3v) is 6.70. The molecule has 1 heterocycles. The fourth-order valence-corrected chi connectivity index (χ4v) is 4.59. The monoisotopic (exact) mass is 521 g/mol. The summed E-state index contributed by atoms with van der Waals surface area (Å²) in [5.41, 5.74) is 3.71. The minimum atomic E-state index is -0.979. The van der Waals surface area contributed by atoms with Crippen LogP contribution in [0.3, 0.4) is 0 Å². The molecule has 6 heteroatoms. The highest BCUT2D eigenvalue weighted by Gasteiger charge is 2.20. The van der Waals surface area contributed by atoms with Crippen LogP contribution in [0.2, 0.25) is 0 Å². The molecule has 0 aliphatic rings. The third kappa shape index (κ3) is 9.02. The number of aliphatic carboxylic acids is 1. The van der Waals surface area contributed by atoms with Crippen LogP contribution in [0.25, 0.3) is 10.9 Å². The predicted octanol–water partition coefficient (Wildman–Crippen LogP) is 7.67. The van der Waals surface area contributed by atoms with Gasteiger partial charge in [0.2, 0.25) is 0 Å². The van der Waals surface area contributed by atoms with Gasteiger partial charge in [0.15, 0.2) is 6.10 Å². The molecule has 0 aliphatic heterocycles. The Kier molecular flexibility index (Phi) is 12.4. The zero-order valence-corrected chi connectivity index (χ0v) is 23.2. The Morgan fingerprint density at radius 1 is 0.921 bits per heavy atom. The summed E-state index contributed by atoms with van der Waals surface area (Å²) in [4.78, 5) is 16.3. The number of aryl methyl sites for hydroxylation is 1. The quantitative estimate of drug-likeness (QED) is 0.173. The number of hydrogen-bond donors (Lipinski definition) is 1. The number of carbonyl (C=O) groups is 1. The SMILES string of the molecule is CCCCCCCCCCOc1c(COc2ccccc2CC(OCC)C(=O)O)cnc2ccc(C)cc12. The van der Waals surface area contributed by atoms with Gasteiger partial charge in [0.25, 0.3) is 0 Å². The van der Waals surface area contributed by atoms with E-state index >= 15 is 0 Å². The van der Waals surface area contributed by atoms with E-state index in [-0.39, 0.29) is 13.0 Å². The number of unbranched alkanes of at least 4 members (excludes halogenated alkanes) is 7. The molecule has 0 amide bonds. The van der Waals surface area contributed by atoms with E-state index in [1.54, 1.807) is 6.92 Å². The van der Waals surface area contributed by atoms with E-state index in [1.165, 1.54) is 38.5 Å². The molecule has 0 saturated carbocycles. The summed E-state index contributed by atoms with van der Waals surface area (Å²) in [7, 11) is 0. The van der Waals surface area contributed by atoms with Crippen molar-refractivity contribution < 1.29 is 24.1 Å². The fourth-order valence-electron chi connectivity index (χ4n) is 4.59. The van der Waals surface area contributed by atoms with Crippen molar-refractivity contribution in [1.82, 2.24) is 4.98 Å². The van der Waals surface area contributed by atoms with E-state index in [1.807, 2.05) is 36.5 Å². The highest BCUT2D eigenvalue weighted by molar-refractivity contribution is 5.86. The molecule has 3 aromatic rings. The Hall–Kier alpha value is -3.12. The first kappa shape index (κ1) is 29.4. The van der Waals surface area contributed by atoms with Crippen molar-refractivity contribution >= 4 is 16.9 Å². The van der Waals surface area contributed by atoms with Crippen LogP contribution in [-0.2, 0) is 22.6 Å². The number of carboxylic acids is 1. The van der Waals surface area contributed by atoms with Gasteiger partial charge in [-0.1, -0.05) is 81.7 Å². The van der Waals surface area contributed by atoms with Crippen LogP contribution in [0.4, 0.5) is 0 Å². The third-order valence-electron chi connectivity index (χ3n) is 6.70. The molecule has 1 atom stereocenters. The van der Waals surface area contributed by atoms with Crippen molar-refractivity contribution in [3.63, 3.8) is 0 Å². The van der Waals surface area contributed by atoms with Gasteiger partial charge in [-0.3, -0.25) is 4.98 Å². The lowest BCUT2D eigenvalue weighted by Gasteiger charge is -2.18. The minimum absolute atomic E-state index is 0.232. The van der Waals surface area contributed by atoms with Crippen molar-refractivity contribution in [2.75, 3.05) is 13.2 Å². The second-order valence-electron chi connectivity index (χ2n) is 9.84. The lowest BCUT2D eigenvalue weighted by molar-refractivity contribution is -0.149. The van der Waals surface area contributed by atoms with Gasteiger partial charge in [-0.15, -0.1) is 0 Å². The Balaban J connectivity index is 1.69. The molecule has 1 N–H and O–H groups in total. The van der Waals surface area contributed by atoms with Gasteiger partial charge in [-0.2, -0.15) is 0 Å². The van der Waals surface area contributed by atoms with Crippen molar-refractivity contribution in [2.45, 2.75) is 91.3 Å². The maximum Gasteiger partial charge on any atom is 0.333 e. The number of fused-ring (bicyclic) bond motifs is 1. The van der Waals surface area contributed by atoms with E-state index < -0.39 is 12.1 Å². The molecule has 0 saturated heterocycles. The second-order valence-corrected chi connectivity index (χ2v) is 9.84. The molecule has 6 nitrogen and oxygen atoms in total. The first-order valence-electron chi connectivity index (χ1n) is 14.1. The average molecular weight is 522 g/mol. The van der Waals surface area contributed by atoms with Crippen LogP contribution < -0.4 is 9.47 Å². The number of para-hydroxylation sites is 1. The zero-order chi connectivity index (χ0) is 27.2. The summed E-state index contributed by atoms with van der Waals surface area (Å²) in [6.07, 6.45) is 11.1. The van der Waals surface area contributed by atoms with Crippen LogP contribution >= 0.6 is 0 Å². The molecule has 0 spiro atoms. The smallest absolute Gasteiger partial charge is 0.333 e. The summed E-state index contributed by atoms with van der Waals surface area (Å²) in [6, 6.07) is 13.7. The number of rotatable bonds is 18. The molecule has 0 radical (unpaired) electrons. The first-order chi connectivity index (χ1) is 18.5. The van der Waals surface area contributed by atoms with E-state index in [0.717, 1.165) is 46.2 Å². The van der Waals surface area contributed by atoms with Crippen LogP contribution in [0.5, 0.6) is 11.5 Å². The maximum atomic E-state index is 11.6. The number of aromatic nitrogens is 1. The lowest BCUT2D eigenvalue weighted by Crippen LogP contribution is -2.26. The number of carboxylic acid groups (broad SMARTS) is 1. The van der Waals surface area contributed by atoms with Gasteiger partial charge < -0.3 is 19.3 Å². The molecule has 3 rings (SSSR count). The summed E-state index contributed by atoms with van der Waals surface area (Å²) in [6.45, 7) is 7.37. The minimum Gasteiger partial charge on any atom is -0.492 e. The van der Waals surface area contributed by atoms with E-state index in [2.05, 4.69) is 31.0 Å². The van der Waals surface area contributed by atoms with Gasteiger partial charge in [0, 0.05) is 24.6 Å². The molecule has 206 valence electrons. The van der Waals surface area contributed by atoms with Gasteiger partial charge in [-0.05, 0) is 44.0 Å². The van der Waals surface area contributed by atoms with Crippen molar-refractivity contribution in [1.29, 1.82) is 0 Å². The summed E-state index contributed by atoms with van der Waals surface area (Å²) >= 11 is 0. The summed E-state index contributed by atoms with van der Waals surface area (Å²) in [5.74, 6) is 0.473. The van der Waals surface area contributed by atoms with Gasteiger partial charge >= 0.3 is 5.97 Å². The number of benzene rings is 2. The molecule has 0 aliphatic carbocycles. The first-order valence-corrected chi connectivity index (χ1v) is 14.1.